The second kappa shape index (κ2) is 9.98. The Kier molecular flexibility index (Phi) is 7.36. The van der Waals surface area contributed by atoms with Crippen molar-refractivity contribution in [2.24, 2.45) is 0 Å². The van der Waals surface area contributed by atoms with Crippen molar-refractivity contribution in [3.05, 3.63) is 95.0 Å². The van der Waals surface area contributed by atoms with E-state index in [1.165, 1.54) is 16.4 Å². The lowest BCUT2D eigenvalue weighted by Gasteiger charge is -2.26. The fourth-order valence-corrected chi connectivity index (χ4v) is 5.26. The molecule has 0 unspecified atom stereocenters. The lowest BCUT2D eigenvalue weighted by Crippen LogP contribution is -2.32. The molecular weight excluding hydrogens is 432 g/mol. The largest absolute Gasteiger partial charge is 0.339 e. The predicted molar refractivity (Wildman–Crippen MR) is 125 cm³/mol. The molecule has 0 radical (unpaired) electrons. The van der Waals surface area contributed by atoms with Crippen LogP contribution in [0.5, 0.6) is 0 Å². The molecule has 0 aromatic heterocycles. The first kappa shape index (κ1) is 22.8. The molecular formula is C24H25ClN2O3S. The Balaban J connectivity index is 2.09. The minimum absolute atomic E-state index is 0.0742. The van der Waals surface area contributed by atoms with Gasteiger partial charge >= 0.3 is 0 Å². The molecule has 0 aliphatic heterocycles. The Hall–Kier alpha value is -2.83. The first-order valence-corrected chi connectivity index (χ1v) is 11.9. The fraction of sp³-hybridized carbons (Fsp3) is 0.208. The molecule has 0 fully saturated rings. The molecule has 5 nitrogen and oxygen atoms in total. The molecule has 0 aliphatic carbocycles. The highest BCUT2D eigenvalue weighted by Crippen LogP contribution is 2.31. The topological polar surface area (TPSA) is 57.7 Å². The number of carbonyl (C=O) groups is 1. The zero-order valence-electron chi connectivity index (χ0n) is 17.5. The molecule has 0 saturated heterocycles. The van der Waals surface area contributed by atoms with Crippen LogP contribution in [0, 0.1) is 0 Å². The Morgan fingerprint density at radius 2 is 1.45 bits per heavy atom. The minimum atomic E-state index is -4.05. The summed E-state index contributed by atoms with van der Waals surface area (Å²) in [6.07, 6.45) is 0. The van der Waals surface area contributed by atoms with E-state index in [4.69, 9.17) is 11.6 Å². The average molecular weight is 457 g/mol. The SMILES string of the molecule is CCN(CC)C(=O)c1ccc(Cl)c(S(=O)(=O)N(Cc2ccccc2)c2ccccc2)c1. The molecule has 3 aromatic rings. The van der Waals surface area contributed by atoms with Crippen LogP contribution in [0.4, 0.5) is 5.69 Å². The van der Waals surface area contributed by atoms with Crippen LogP contribution in [0.3, 0.4) is 0 Å². The number of anilines is 1. The zero-order valence-corrected chi connectivity index (χ0v) is 19.1. The molecule has 0 saturated carbocycles. The summed E-state index contributed by atoms with van der Waals surface area (Å²) in [5.74, 6) is -0.229. The zero-order chi connectivity index (χ0) is 22.4. The average Bonchev–Trinajstić information content (AvgIpc) is 2.79. The van der Waals surface area contributed by atoms with Gasteiger partial charge in [0.15, 0.2) is 0 Å². The number of amides is 1. The van der Waals surface area contributed by atoms with Gasteiger partial charge in [-0.3, -0.25) is 9.10 Å². The van der Waals surface area contributed by atoms with Gasteiger partial charge in [0.25, 0.3) is 15.9 Å². The first-order chi connectivity index (χ1) is 14.9. The summed E-state index contributed by atoms with van der Waals surface area (Å²) in [4.78, 5) is 14.3. The number of carbonyl (C=O) groups excluding carboxylic acids is 1. The lowest BCUT2D eigenvalue weighted by molar-refractivity contribution is 0.0772. The smallest absolute Gasteiger partial charge is 0.266 e. The maximum Gasteiger partial charge on any atom is 0.266 e. The normalized spacial score (nSPS) is 11.2. The Morgan fingerprint density at radius 1 is 0.871 bits per heavy atom. The molecule has 7 heteroatoms. The third kappa shape index (κ3) is 5.09. The van der Waals surface area contributed by atoms with Crippen molar-refractivity contribution in [1.29, 1.82) is 0 Å². The van der Waals surface area contributed by atoms with Gasteiger partial charge in [-0.2, -0.15) is 0 Å². The number of sulfonamides is 1. The van der Waals surface area contributed by atoms with Crippen LogP contribution in [0.1, 0.15) is 29.8 Å². The van der Waals surface area contributed by atoms with Crippen molar-refractivity contribution in [2.45, 2.75) is 25.3 Å². The fourth-order valence-electron chi connectivity index (χ4n) is 3.30. The highest BCUT2D eigenvalue weighted by Gasteiger charge is 2.29. The summed E-state index contributed by atoms with van der Waals surface area (Å²) in [5.41, 5.74) is 1.64. The highest BCUT2D eigenvalue weighted by atomic mass is 35.5. The number of rotatable bonds is 8. The Bertz CT molecular complexity index is 1130. The van der Waals surface area contributed by atoms with Gasteiger partial charge in [0, 0.05) is 18.7 Å². The first-order valence-electron chi connectivity index (χ1n) is 10.1. The van der Waals surface area contributed by atoms with Gasteiger partial charge in [0.05, 0.1) is 17.3 Å². The molecule has 0 aliphatic rings. The van der Waals surface area contributed by atoms with Crippen molar-refractivity contribution in [1.82, 2.24) is 4.90 Å². The van der Waals surface area contributed by atoms with E-state index in [2.05, 4.69) is 0 Å². The summed E-state index contributed by atoms with van der Waals surface area (Å²) in [5, 5.41) is 0.0742. The summed E-state index contributed by atoms with van der Waals surface area (Å²) in [6, 6.07) is 22.6. The second-order valence-electron chi connectivity index (χ2n) is 6.96. The number of hydrogen-bond acceptors (Lipinski definition) is 3. The van der Waals surface area contributed by atoms with Crippen LogP contribution in [-0.2, 0) is 16.6 Å². The van der Waals surface area contributed by atoms with E-state index in [-0.39, 0.29) is 22.4 Å². The van der Waals surface area contributed by atoms with Crippen LogP contribution < -0.4 is 4.31 Å². The van der Waals surface area contributed by atoms with Crippen molar-refractivity contribution in [2.75, 3.05) is 17.4 Å². The van der Waals surface area contributed by atoms with E-state index in [0.29, 0.717) is 24.3 Å². The maximum atomic E-state index is 13.8. The molecule has 31 heavy (non-hydrogen) atoms. The molecule has 0 bridgehead atoms. The van der Waals surface area contributed by atoms with Gasteiger partial charge in [-0.15, -0.1) is 0 Å². The molecule has 3 rings (SSSR count). The van der Waals surface area contributed by atoms with Crippen LogP contribution >= 0.6 is 11.6 Å². The summed E-state index contributed by atoms with van der Waals surface area (Å²) in [6.45, 7) is 4.96. The minimum Gasteiger partial charge on any atom is -0.339 e. The summed E-state index contributed by atoms with van der Waals surface area (Å²) in [7, 11) is -4.05. The van der Waals surface area contributed by atoms with Crippen molar-refractivity contribution in [3.8, 4) is 0 Å². The summed E-state index contributed by atoms with van der Waals surface area (Å²) >= 11 is 6.34. The van der Waals surface area contributed by atoms with Crippen molar-refractivity contribution in [3.63, 3.8) is 0 Å². The maximum absolute atomic E-state index is 13.8. The number of benzene rings is 3. The Labute approximate surface area is 188 Å². The number of nitrogens with zero attached hydrogens (tertiary/aromatic N) is 2. The van der Waals surface area contributed by atoms with E-state index in [1.54, 1.807) is 35.2 Å². The number of para-hydroxylation sites is 1. The van der Waals surface area contributed by atoms with Gasteiger partial charge in [-0.25, -0.2) is 8.42 Å². The Morgan fingerprint density at radius 3 is 2.03 bits per heavy atom. The monoisotopic (exact) mass is 456 g/mol. The van der Waals surface area contributed by atoms with Gasteiger partial charge in [0.2, 0.25) is 0 Å². The molecule has 0 heterocycles. The number of halogens is 1. The molecule has 162 valence electrons. The van der Waals surface area contributed by atoms with E-state index >= 15 is 0 Å². The second-order valence-corrected chi connectivity index (χ2v) is 9.19. The van der Waals surface area contributed by atoms with E-state index in [0.717, 1.165) is 5.56 Å². The van der Waals surface area contributed by atoms with Gasteiger partial charge in [-0.05, 0) is 49.7 Å². The van der Waals surface area contributed by atoms with E-state index < -0.39 is 10.0 Å². The van der Waals surface area contributed by atoms with Crippen LogP contribution in [0.25, 0.3) is 0 Å². The molecule has 0 spiro atoms. The third-order valence-electron chi connectivity index (χ3n) is 5.01. The van der Waals surface area contributed by atoms with Crippen LogP contribution in [-0.4, -0.2) is 32.3 Å². The van der Waals surface area contributed by atoms with Crippen molar-refractivity contribution < 1.29 is 13.2 Å². The van der Waals surface area contributed by atoms with Gasteiger partial charge in [-0.1, -0.05) is 60.1 Å². The van der Waals surface area contributed by atoms with Crippen LogP contribution in [0.15, 0.2) is 83.8 Å². The van der Waals surface area contributed by atoms with Gasteiger partial charge in [0.1, 0.15) is 4.90 Å². The predicted octanol–water partition coefficient (Wildman–Crippen LogP) is 5.22. The van der Waals surface area contributed by atoms with Crippen molar-refractivity contribution >= 4 is 33.2 Å². The third-order valence-corrected chi connectivity index (χ3v) is 7.27. The van der Waals surface area contributed by atoms with E-state index in [1.807, 2.05) is 50.2 Å². The molecule has 0 atom stereocenters. The van der Waals surface area contributed by atoms with E-state index in [9.17, 15) is 13.2 Å². The standard InChI is InChI=1S/C24H25ClN2O3S/c1-3-26(4-2)24(28)20-15-16-22(25)23(17-20)31(29,30)27(21-13-9-6-10-14-21)18-19-11-7-5-8-12-19/h5-17H,3-4,18H2,1-2H3. The highest BCUT2D eigenvalue weighted by molar-refractivity contribution is 7.93. The lowest BCUT2D eigenvalue weighted by atomic mass is 10.2. The molecule has 0 N–H and O–H groups in total. The van der Waals surface area contributed by atoms with Crippen LogP contribution in [0.2, 0.25) is 5.02 Å². The molecule has 3 aromatic carbocycles. The molecule has 1 amide bonds. The number of hydrogen-bond donors (Lipinski definition) is 0. The quantitative estimate of drug-likeness (QED) is 0.467. The summed E-state index contributed by atoms with van der Waals surface area (Å²) < 4.78 is 28.8. The van der Waals surface area contributed by atoms with Gasteiger partial charge < -0.3 is 4.90 Å².